The average molecular weight is 501 g/mol. The van der Waals surface area contributed by atoms with Crippen molar-refractivity contribution in [2.75, 3.05) is 18.4 Å². The molecule has 0 spiro atoms. The molecular weight excluding hydrogens is 477 g/mol. The van der Waals surface area contributed by atoms with E-state index in [1.807, 2.05) is 12.1 Å². The molecule has 5 nitrogen and oxygen atoms in total. The van der Waals surface area contributed by atoms with Gasteiger partial charge in [-0.2, -0.15) is 18.2 Å². The Morgan fingerprint density at radius 3 is 2.49 bits per heavy atom. The number of nitrogens with one attached hydrogen (secondary N) is 1. The van der Waals surface area contributed by atoms with Gasteiger partial charge in [0.05, 0.1) is 5.52 Å². The predicted octanol–water partition coefficient (Wildman–Crippen LogP) is 5.84. The molecule has 4 aromatic rings. The van der Waals surface area contributed by atoms with Crippen molar-refractivity contribution in [2.24, 2.45) is 0 Å². The van der Waals surface area contributed by atoms with E-state index >= 15 is 0 Å². The van der Waals surface area contributed by atoms with Crippen LogP contribution >= 0.6 is 11.6 Å². The van der Waals surface area contributed by atoms with Gasteiger partial charge >= 0.3 is 11.9 Å². The third-order valence-electron chi connectivity index (χ3n) is 6.43. The first kappa shape index (κ1) is 23.6. The van der Waals surface area contributed by atoms with Gasteiger partial charge in [0.25, 0.3) is 0 Å². The van der Waals surface area contributed by atoms with Gasteiger partial charge in [0.1, 0.15) is 12.4 Å². The first-order valence-electron chi connectivity index (χ1n) is 11.5. The molecule has 1 aliphatic heterocycles. The summed E-state index contributed by atoms with van der Waals surface area (Å²) >= 11 is 6.12. The topological polar surface area (TPSA) is 50.2 Å². The van der Waals surface area contributed by atoms with Crippen LogP contribution in [0.15, 0.2) is 65.5 Å². The fourth-order valence-electron chi connectivity index (χ4n) is 4.72. The van der Waals surface area contributed by atoms with Gasteiger partial charge < -0.3 is 5.32 Å². The van der Waals surface area contributed by atoms with Crippen LogP contribution in [0.2, 0.25) is 5.02 Å². The molecule has 2 heterocycles. The molecule has 3 aromatic carbocycles. The molecule has 182 valence electrons. The van der Waals surface area contributed by atoms with E-state index in [4.69, 9.17) is 11.6 Å². The molecule has 0 atom stereocenters. The Hall–Kier alpha value is -3.10. The summed E-state index contributed by atoms with van der Waals surface area (Å²) in [6, 6.07) is 19.3. The highest BCUT2D eigenvalue weighted by Gasteiger charge is 2.30. The van der Waals surface area contributed by atoms with Crippen LogP contribution < -0.4 is 11.0 Å². The summed E-state index contributed by atoms with van der Waals surface area (Å²) in [5.41, 5.74) is 0.474. The Morgan fingerprint density at radius 2 is 1.74 bits per heavy atom. The first-order valence-corrected chi connectivity index (χ1v) is 11.9. The van der Waals surface area contributed by atoms with Crippen LogP contribution in [0.4, 0.5) is 19.0 Å². The third-order valence-corrected chi connectivity index (χ3v) is 6.66. The van der Waals surface area contributed by atoms with Gasteiger partial charge in [0.2, 0.25) is 0 Å². The first-order chi connectivity index (χ1) is 16.7. The Labute approximate surface area is 205 Å². The molecule has 1 N–H and O–H groups in total. The van der Waals surface area contributed by atoms with Crippen molar-refractivity contribution in [3.63, 3.8) is 0 Å². The molecule has 1 saturated heterocycles. The van der Waals surface area contributed by atoms with Gasteiger partial charge in [-0.1, -0.05) is 48.0 Å². The van der Waals surface area contributed by atoms with Crippen LogP contribution in [-0.4, -0.2) is 39.8 Å². The van der Waals surface area contributed by atoms with E-state index in [0.29, 0.717) is 15.0 Å². The van der Waals surface area contributed by atoms with Gasteiger partial charge in [-0.15, -0.1) is 0 Å². The summed E-state index contributed by atoms with van der Waals surface area (Å²) in [7, 11) is 0. The monoisotopic (exact) mass is 500 g/mol. The maximum Gasteiger partial charge on any atom is 0.406 e. The van der Waals surface area contributed by atoms with Crippen molar-refractivity contribution in [2.45, 2.75) is 38.1 Å². The van der Waals surface area contributed by atoms with E-state index in [1.165, 1.54) is 28.5 Å². The van der Waals surface area contributed by atoms with Crippen LogP contribution in [-0.2, 0) is 13.1 Å². The zero-order chi connectivity index (χ0) is 24.6. The number of nitrogens with zero attached hydrogens (tertiary/aromatic N) is 3. The highest BCUT2D eigenvalue weighted by molar-refractivity contribution is 6.31. The van der Waals surface area contributed by atoms with Crippen molar-refractivity contribution in [3.8, 4) is 0 Å². The van der Waals surface area contributed by atoms with E-state index in [1.54, 1.807) is 6.07 Å². The van der Waals surface area contributed by atoms with Crippen molar-refractivity contribution < 1.29 is 13.2 Å². The van der Waals surface area contributed by atoms with Crippen molar-refractivity contribution in [1.82, 2.24) is 14.5 Å². The minimum Gasteiger partial charge on any atom is -0.367 e. The number of anilines is 1. The van der Waals surface area contributed by atoms with Crippen LogP contribution in [0, 0.1) is 0 Å². The Kier molecular flexibility index (Phi) is 6.42. The highest BCUT2D eigenvalue weighted by atomic mass is 35.5. The summed E-state index contributed by atoms with van der Waals surface area (Å²) in [4.78, 5) is 18.8. The maximum atomic E-state index is 13.0. The highest BCUT2D eigenvalue weighted by Crippen LogP contribution is 2.28. The summed E-state index contributed by atoms with van der Waals surface area (Å²) in [5.74, 6) is 0.277. The number of fused-ring (bicyclic) bond motifs is 2. The van der Waals surface area contributed by atoms with Gasteiger partial charge in [-0.3, -0.25) is 9.47 Å². The van der Waals surface area contributed by atoms with Gasteiger partial charge in [-0.05, 0) is 53.4 Å². The predicted molar refractivity (Wildman–Crippen MR) is 133 cm³/mol. The normalized spacial score (nSPS) is 15.7. The average Bonchev–Trinajstić information content (AvgIpc) is 2.82. The number of rotatable bonds is 5. The number of hydrogen-bond acceptors (Lipinski definition) is 4. The molecule has 0 saturated carbocycles. The SMILES string of the molecule is O=c1nc(NC2CCN(Cc3ccc4ccccc4c3)CC2)c2cc(Cl)ccc2n1CC(F)(F)F. The quantitative estimate of drug-likeness (QED) is 0.374. The van der Waals surface area contributed by atoms with Crippen LogP contribution in [0.1, 0.15) is 18.4 Å². The number of halogens is 4. The standard InChI is InChI=1S/C26H24ClF3N4O/c27-20-7-8-23-22(14-20)24(32-25(35)34(23)16-26(28,29)30)31-21-9-11-33(12-10-21)15-17-5-6-18-3-1-2-4-19(18)13-17/h1-8,13-14,21H,9-12,15-16H2,(H,31,32,35). The summed E-state index contributed by atoms with van der Waals surface area (Å²) in [6.45, 7) is 1.16. The molecule has 1 aromatic heterocycles. The molecule has 5 rings (SSSR count). The lowest BCUT2D eigenvalue weighted by molar-refractivity contribution is -0.140. The zero-order valence-electron chi connectivity index (χ0n) is 18.9. The van der Waals surface area contributed by atoms with Crippen LogP contribution in [0.3, 0.4) is 0 Å². The molecule has 0 radical (unpaired) electrons. The fraction of sp³-hybridized carbons (Fsp3) is 0.308. The van der Waals surface area contributed by atoms with Crippen molar-refractivity contribution in [1.29, 1.82) is 0 Å². The van der Waals surface area contributed by atoms with Crippen molar-refractivity contribution in [3.05, 3.63) is 81.7 Å². The number of benzene rings is 3. The second kappa shape index (κ2) is 9.51. The lowest BCUT2D eigenvalue weighted by Crippen LogP contribution is -2.39. The van der Waals surface area contributed by atoms with E-state index in [9.17, 15) is 18.0 Å². The molecule has 0 amide bonds. The summed E-state index contributed by atoms with van der Waals surface area (Å²) in [6.07, 6.45) is -2.89. The molecule has 1 fully saturated rings. The molecule has 1 aliphatic rings. The van der Waals surface area contributed by atoms with Gasteiger partial charge in [0.15, 0.2) is 0 Å². The van der Waals surface area contributed by atoms with Crippen LogP contribution in [0.25, 0.3) is 21.7 Å². The minimum atomic E-state index is -4.54. The van der Waals surface area contributed by atoms with E-state index in [2.05, 4.69) is 45.5 Å². The van der Waals surface area contributed by atoms with Gasteiger partial charge in [0, 0.05) is 36.1 Å². The maximum absolute atomic E-state index is 13.0. The van der Waals surface area contributed by atoms with Gasteiger partial charge in [-0.25, -0.2) is 4.79 Å². The molecule has 9 heteroatoms. The van der Waals surface area contributed by atoms with E-state index < -0.39 is 18.4 Å². The third kappa shape index (κ3) is 5.44. The second-order valence-corrected chi connectivity index (χ2v) is 9.42. The smallest absolute Gasteiger partial charge is 0.367 e. The number of alkyl halides is 3. The van der Waals surface area contributed by atoms with Crippen LogP contribution in [0.5, 0.6) is 0 Å². The number of likely N-dealkylation sites (tertiary alicyclic amines) is 1. The van der Waals surface area contributed by atoms with E-state index in [0.717, 1.165) is 32.5 Å². The largest absolute Gasteiger partial charge is 0.406 e. The fourth-order valence-corrected chi connectivity index (χ4v) is 4.89. The zero-order valence-corrected chi connectivity index (χ0v) is 19.6. The molecule has 35 heavy (non-hydrogen) atoms. The van der Waals surface area contributed by atoms with Crippen molar-refractivity contribution >= 4 is 39.1 Å². The lowest BCUT2D eigenvalue weighted by atomic mass is 10.0. The molecule has 0 bridgehead atoms. The Morgan fingerprint density at radius 1 is 1.00 bits per heavy atom. The second-order valence-electron chi connectivity index (χ2n) is 8.98. The van der Waals surface area contributed by atoms with E-state index in [-0.39, 0.29) is 17.4 Å². The number of aromatic nitrogens is 2. The number of hydrogen-bond donors (Lipinski definition) is 1. The number of piperidine rings is 1. The minimum absolute atomic E-state index is 0.0513. The molecular formula is C26H24ClF3N4O. The lowest BCUT2D eigenvalue weighted by Gasteiger charge is -2.33. The molecule has 0 aliphatic carbocycles. The molecule has 0 unspecified atom stereocenters. The summed E-state index contributed by atoms with van der Waals surface area (Å²) in [5, 5.41) is 6.51. The Balaban J connectivity index is 1.30. The Bertz CT molecular complexity index is 1430. The summed E-state index contributed by atoms with van der Waals surface area (Å²) < 4.78 is 39.8.